The van der Waals surface area contributed by atoms with Crippen molar-refractivity contribution in [3.05, 3.63) is 39.9 Å². The van der Waals surface area contributed by atoms with E-state index in [1.807, 2.05) is 20.8 Å². The topological polar surface area (TPSA) is 92.5 Å². The van der Waals surface area contributed by atoms with E-state index in [4.69, 9.17) is 0 Å². The molecule has 1 aromatic rings. The molecule has 116 valence electrons. The van der Waals surface area contributed by atoms with Crippen molar-refractivity contribution in [2.75, 3.05) is 6.61 Å². The summed E-state index contributed by atoms with van der Waals surface area (Å²) in [6.45, 7) is 5.96. The number of aliphatic hydroxyl groups is 1. The Labute approximate surface area is 124 Å². The van der Waals surface area contributed by atoms with E-state index in [1.54, 1.807) is 12.1 Å². The average Bonchev–Trinajstić information content (AvgIpc) is 2.36. The highest BCUT2D eigenvalue weighted by molar-refractivity contribution is 5.79. The van der Waals surface area contributed by atoms with Crippen LogP contribution < -0.4 is 5.32 Å². The standard InChI is InChI=1S/C15H22N2O4/c1-15(2,3)9-12(10-18)16-14(19)8-11-5-4-6-13(7-11)17(20)21/h4-7,12,18H,8-10H2,1-3H3,(H,16,19). The molecule has 6 heteroatoms. The van der Waals surface area contributed by atoms with Crippen LogP contribution in [0.3, 0.4) is 0 Å². The molecule has 1 unspecified atom stereocenters. The van der Waals surface area contributed by atoms with Crippen LogP contribution in [0, 0.1) is 15.5 Å². The van der Waals surface area contributed by atoms with Crippen LogP contribution in [-0.4, -0.2) is 28.6 Å². The van der Waals surface area contributed by atoms with Gasteiger partial charge in [0.15, 0.2) is 0 Å². The summed E-state index contributed by atoms with van der Waals surface area (Å²) < 4.78 is 0. The molecule has 0 aliphatic heterocycles. The Bertz CT molecular complexity index is 509. The van der Waals surface area contributed by atoms with Gasteiger partial charge in [-0.3, -0.25) is 14.9 Å². The lowest BCUT2D eigenvalue weighted by Gasteiger charge is -2.25. The summed E-state index contributed by atoms with van der Waals surface area (Å²) in [6.07, 6.45) is 0.715. The van der Waals surface area contributed by atoms with Gasteiger partial charge < -0.3 is 10.4 Å². The normalized spacial score (nSPS) is 12.8. The van der Waals surface area contributed by atoms with Crippen LogP contribution in [-0.2, 0) is 11.2 Å². The predicted octanol–water partition coefficient (Wildman–Crippen LogP) is 2.05. The van der Waals surface area contributed by atoms with Crippen LogP contribution in [0.1, 0.15) is 32.8 Å². The molecule has 0 spiro atoms. The largest absolute Gasteiger partial charge is 0.394 e. The number of nitro groups is 1. The number of nitrogens with zero attached hydrogens (tertiary/aromatic N) is 1. The van der Waals surface area contributed by atoms with E-state index in [-0.39, 0.29) is 36.1 Å². The lowest BCUT2D eigenvalue weighted by molar-refractivity contribution is -0.384. The number of rotatable bonds is 6. The zero-order chi connectivity index (χ0) is 16.0. The van der Waals surface area contributed by atoms with Crippen molar-refractivity contribution >= 4 is 11.6 Å². The summed E-state index contributed by atoms with van der Waals surface area (Å²) in [5.41, 5.74) is 0.537. The van der Waals surface area contributed by atoms with Gasteiger partial charge in [-0.25, -0.2) is 0 Å². The molecule has 2 N–H and O–H groups in total. The minimum Gasteiger partial charge on any atom is -0.394 e. The van der Waals surface area contributed by atoms with Crippen LogP contribution in [0.15, 0.2) is 24.3 Å². The van der Waals surface area contributed by atoms with Gasteiger partial charge in [-0.2, -0.15) is 0 Å². The Morgan fingerprint density at radius 2 is 2.10 bits per heavy atom. The monoisotopic (exact) mass is 294 g/mol. The molecular formula is C15H22N2O4. The summed E-state index contributed by atoms with van der Waals surface area (Å²) in [7, 11) is 0. The predicted molar refractivity (Wildman–Crippen MR) is 79.9 cm³/mol. The molecule has 1 aromatic carbocycles. The van der Waals surface area contributed by atoms with Crippen LogP contribution in [0.2, 0.25) is 0 Å². The summed E-state index contributed by atoms with van der Waals surface area (Å²) in [5.74, 6) is -0.251. The van der Waals surface area contributed by atoms with E-state index < -0.39 is 4.92 Å². The third-order valence-corrected chi connectivity index (χ3v) is 2.93. The van der Waals surface area contributed by atoms with Crippen LogP contribution in [0.5, 0.6) is 0 Å². The second-order valence-corrected chi connectivity index (χ2v) is 6.32. The first kappa shape index (κ1) is 17.1. The molecule has 1 amide bonds. The smallest absolute Gasteiger partial charge is 0.269 e. The highest BCUT2D eigenvalue weighted by Crippen LogP contribution is 2.20. The molecule has 1 atom stereocenters. The van der Waals surface area contributed by atoms with Gasteiger partial charge in [0.25, 0.3) is 5.69 Å². The van der Waals surface area contributed by atoms with Gasteiger partial charge in [-0.15, -0.1) is 0 Å². The maximum Gasteiger partial charge on any atom is 0.269 e. The van der Waals surface area contributed by atoms with Crippen molar-refractivity contribution in [2.24, 2.45) is 5.41 Å². The van der Waals surface area contributed by atoms with Crippen molar-refractivity contribution in [2.45, 2.75) is 39.7 Å². The Morgan fingerprint density at radius 3 is 2.62 bits per heavy atom. The lowest BCUT2D eigenvalue weighted by atomic mass is 9.88. The van der Waals surface area contributed by atoms with Crippen LogP contribution in [0.25, 0.3) is 0 Å². The lowest BCUT2D eigenvalue weighted by Crippen LogP contribution is -2.40. The fourth-order valence-electron chi connectivity index (χ4n) is 2.14. The molecule has 0 aromatic heterocycles. The number of carbonyl (C=O) groups excluding carboxylic acids is 1. The number of non-ortho nitro benzene ring substituents is 1. The molecule has 0 fully saturated rings. The summed E-state index contributed by atoms with van der Waals surface area (Å²) in [6, 6.07) is 5.69. The maximum atomic E-state index is 12.0. The number of hydrogen-bond acceptors (Lipinski definition) is 4. The molecule has 0 bridgehead atoms. The first-order valence-electron chi connectivity index (χ1n) is 6.85. The summed E-state index contributed by atoms with van der Waals surface area (Å²) >= 11 is 0. The Balaban J connectivity index is 2.64. The molecule has 0 aliphatic carbocycles. The first-order chi connectivity index (χ1) is 9.71. The van der Waals surface area contributed by atoms with Crippen molar-refractivity contribution in [1.82, 2.24) is 5.32 Å². The van der Waals surface area contributed by atoms with Crippen LogP contribution >= 0.6 is 0 Å². The van der Waals surface area contributed by atoms with Gasteiger partial charge >= 0.3 is 0 Å². The van der Waals surface area contributed by atoms with E-state index in [0.29, 0.717) is 12.0 Å². The third kappa shape index (κ3) is 6.35. The maximum absolute atomic E-state index is 12.0. The fourth-order valence-corrected chi connectivity index (χ4v) is 2.14. The highest BCUT2D eigenvalue weighted by atomic mass is 16.6. The molecule has 0 aliphatic rings. The van der Waals surface area contributed by atoms with Gasteiger partial charge in [-0.05, 0) is 17.4 Å². The van der Waals surface area contributed by atoms with E-state index in [2.05, 4.69) is 5.32 Å². The number of benzene rings is 1. The Kier molecular flexibility index (Phi) is 5.84. The Hall–Kier alpha value is -1.95. The zero-order valence-corrected chi connectivity index (χ0v) is 12.6. The minimum absolute atomic E-state index is 0.00773. The number of hydrogen-bond donors (Lipinski definition) is 2. The van der Waals surface area contributed by atoms with Gasteiger partial charge in [0.05, 0.1) is 24.0 Å². The van der Waals surface area contributed by atoms with Gasteiger partial charge in [0.2, 0.25) is 5.91 Å². The molecule has 6 nitrogen and oxygen atoms in total. The number of nitro benzene ring substituents is 1. The number of aliphatic hydroxyl groups excluding tert-OH is 1. The number of nitrogens with one attached hydrogen (secondary N) is 1. The van der Waals surface area contributed by atoms with E-state index in [1.165, 1.54) is 12.1 Å². The van der Waals surface area contributed by atoms with Crippen LogP contribution in [0.4, 0.5) is 5.69 Å². The third-order valence-electron chi connectivity index (χ3n) is 2.93. The quantitative estimate of drug-likeness (QED) is 0.620. The number of carbonyl (C=O) groups is 1. The second kappa shape index (κ2) is 7.17. The zero-order valence-electron chi connectivity index (χ0n) is 12.6. The molecule has 0 heterocycles. The van der Waals surface area contributed by atoms with Crippen molar-refractivity contribution < 1.29 is 14.8 Å². The molecule has 0 saturated heterocycles. The number of amides is 1. The van der Waals surface area contributed by atoms with Crippen molar-refractivity contribution in [3.8, 4) is 0 Å². The second-order valence-electron chi connectivity index (χ2n) is 6.32. The summed E-state index contributed by atoms with van der Waals surface area (Å²) in [4.78, 5) is 22.2. The highest BCUT2D eigenvalue weighted by Gasteiger charge is 2.20. The molecule has 0 saturated carbocycles. The van der Waals surface area contributed by atoms with E-state index in [9.17, 15) is 20.0 Å². The molecule has 21 heavy (non-hydrogen) atoms. The van der Waals surface area contributed by atoms with E-state index >= 15 is 0 Å². The average molecular weight is 294 g/mol. The van der Waals surface area contributed by atoms with E-state index in [0.717, 1.165) is 0 Å². The fraction of sp³-hybridized carbons (Fsp3) is 0.533. The molecule has 0 radical (unpaired) electrons. The van der Waals surface area contributed by atoms with Crippen molar-refractivity contribution in [3.63, 3.8) is 0 Å². The molecule has 1 rings (SSSR count). The molecular weight excluding hydrogens is 272 g/mol. The summed E-state index contributed by atoms with van der Waals surface area (Å²) in [5, 5.41) is 22.8. The minimum atomic E-state index is -0.489. The van der Waals surface area contributed by atoms with Gasteiger partial charge in [0.1, 0.15) is 0 Å². The first-order valence-corrected chi connectivity index (χ1v) is 6.85. The van der Waals surface area contributed by atoms with Gasteiger partial charge in [0, 0.05) is 12.1 Å². The van der Waals surface area contributed by atoms with Crippen molar-refractivity contribution in [1.29, 1.82) is 0 Å². The SMILES string of the molecule is CC(C)(C)CC(CO)NC(=O)Cc1cccc([N+](=O)[O-])c1. The van der Waals surface area contributed by atoms with Gasteiger partial charge in [-0.1, -0.05) is 32.9 Å². The Morgan fingerprint density at radius 1 is 1.43 bits per heavy atom.